The molecule has 0 aliphatic heterocycles. The van der Waals surface area contributed by atoms with Crippen LogP contribution in [0.15, 0.2) is 24.3 Å². The van der Waals surface area contributed by atoms with Crippen molar-refractivity contribution >= 4 is 11.3 Å². The number of tetrazole rings is 1. The van der Waals surface area contributed by atoms with Crippen LogP contribution < -0.4 is 0 Å². The molecular formula is C13H13N5OS. The lowest BCUT2D eigenvalue weighted by Gasteiger charge is -1.96. The fraction of sp³-hybridized carbons (Fsp3) is 0.231. The van der Waals surface area contributed by atoms with Gasteiger partial charge in [-0.05, 0) is 25.1 Å². The number of benzene rings is 1. The minimum atomic E-state index is -0.0536. The van der Waals surface area contributed by atoms with E-state index in [4.69, 9.17) is 0 Å². The molecule has 1 aromatic carbocycles. The second-order valence-electron chi connectivity index (χ2n) is 4.34. The third-order valence-electron chi connectivity index (χ3n) is 2.81. The number of thiazole rings is 1. The maximum atomic E-state index is 9.98. The lowest BCUT2D eigenvalue weighted by molar-refractivity contribution is 0.459. The SMILES string of the molecule is CCn1nnc(-c2sc(-c3cccc(C)c3)nc2O)n1. The standard InChI is InChI=1S/C13H13N5OS/c1-3-18-16-11(15-17-18)10-12(19)14-13(20-10)9-6-4-5-8(2)7-9/h4-7,19H,3H2,1-2H3. The Morgan fingerprint density at radius 2 is 2.20 bits per heavy atom. The van der Waals surface area contributed by atoms with Crippen molar-refractivity contribution in [2.75, 3.05) is 0 Å². The molecule has 1 N–H and O–H groups in total. The predicted octanol–water partition coefficient (Wildman–Crippen LogP) is 2.50. The maximum absolute atomic E-state index is 9.98. The van der Waals surface area contributed by atoms with Crippen molar-refractivity contribution in [3.63, 3.8) is 0 Å². The Morgan fingerprint density at radius 3 is 2.90 bits per heavy atom. The molecule has 3 rings (SSSR count). The minimum absolute atomic E-state index is 0.0536. The topological polar surface area (TPSA) is 76.7 Å². The van der Waals surface area contributed by atoms with E-state index in [0.29, 0.717) is 17.2 Å². The first kappa shape index (κ1) is 12.7. The van der Waals surface area contributed by atoms with Gasteiger partial charge in [-0.15, -0.1) is 21.5 Å². The quantitative estimate of drug-likeness (QED) is 0.801. The average Bonchev–Trinajstić information content (AvgIpc) is 3.04. The molecule has 2 aromatic heterocycles. The molecule has 0 saturated carbocycles. The molecule has 2 heterocycles. The van der Waals surface area contributed by atoms with Crippen molar-refractivity contribution in [2.24, 2.45) is 0 Å². The summed E-state index contributed by atoms with van der Waals surface area (Å²) in [5.41, 5.74) is 2.12. The molecule has 6 nitrogen and oxygen atoms in total. The van der Waals surface area contributed by atoms with Gasteiger partial charge in [-0.2, -0.15) is 4.80 Å². The first-order valence-corrected chi connectivity index (χ1v) is 7.04. The summed E-state index contributed by atoms with van der Waals surface area (Å²) in [6.07, 6.45) is 0. The van der Waals surface area contributed by atoms with E-state index in [-0.39, 0.29) is 5.88 Å². The van der Waals surface area contributed by atoms with Crippen molar-refractivity contribution in [2.45, 2.75) is 20.4 Å². The van der Waals surface area contributed by atoms with Gasteiger partial charge in [-0.3, -0.25) is 0 Å². The van der Waals surface area contributed by atoms with Crippen LogP contribution in [0.1, 0.15) is 12.5 Å². The summed E-state index contributed by atoms with van der Waals surface area (Å²) in [4.78, 5) is 6.21. The lowest BCUT2D eigenvalue weighted by atomic mass is 10.1. The molecule has 20 heavy (non-hydrogen) atoms. The third-order valence-corrected chi connectivity index (χ3v) is 3.90. The monoisotopic (exact) mass is 287 g/mol. The van der Waals surface area contributed by atoms with E-state index in [1.165, 1.54) is 16.1 Å². The van der Waals surface area contributed by atoms with Crippen LogP contribution in [0.2, 0.25) is 0 Å². The molecule has 0 bridgehead atoms. The van der Waals surface area contributed by atoms with Gasteiger partial charge in [0.25, 0.3) is 0 Å². The van der Waals surface area contributed by atoms with Crippen LogP contribution in [0.25, 0.3) is 21.3 Å². The van der Waals surface area contributed by atoms with E-state index in [9.17, 15) is 5.11 Å². The number of rotatable bonds is 3. The van der Waals surface area contributed by atoms with Crippen molar-refractivity contribution in [1.82, 2.24) is 25.2 Å². The molecule has 3 aromatic rings. The minimum Gasteiger partial charge on any atom is -0.492 e. The van der Waals surface area contributed by atoms with E-state index < -0.39 is 0 Å². The molecule has 0 fully saturated rings. The molecule has 102 valence electrons. The van der Waals surface area contributed by atoms with Crippen LogP contribution in [0.5, 0.6) is 5.88 Å². The van der Waals surface area contributed by atoms with Crippen LogP contribution in [-0.4, -0.2) is 30.3 Å². The number of aromatic nitrogens is 5. The molecule has 0 radical (unpaired) electrons. The molecule has 0 unspecified atom stereocenters. The van der Waals surface area contributed by atoms with Crippen molar-refractivity contribution in [3.05, 3.63) is 29.8 Å². The van der Waals surface area contributed by atoms with Crippen LogP contribution in [0.3, 0.4) is 0 Å². The van der Waals surface area contributed by atoms with Crippen molar-refractivity contribution in [3.8, 4) is 27.2 Å². The van der Waals surface area contributed by atoms with Crippen LogP contribution in [-0.2, 0) is 6.54 Å². The normalized spacial score (nSPS) is 10.9. The molecule has 0 spiro atoms. The van der Waals surface area contributed by atoms with Crippen LogP contribution in [0, 0.1) is 6.92 Å². The van der Waals surface area contributed by atoms with Crippen LogP contribution in [0.4, 0.5) is 0 Å². The summed E-state index contributed by atoms with van der Waals surface area (Å²) in [6, 6.07) is 7.98. The summed E-state index contributed by atoms with van der Waals surface area (Å²) >= 11 is 1.36. The summed E-state index contributed by atoms with van der Waals surface area (Å²) in [6.45, 7) is 4.58. The Morgan fingerprint density at radius 1 is 1.35 bits per heavy atom. The van der Waals surface area contributed by atoms with E-state index >= 15 is 0 Å². The zero-order valence-corrected chi connectivity index (χ0v) is 11.9. The summed E-state index contributed by atoms with van der Waals surface area (Å²) in [7, 11) is 0. The highest BCUT2D eigenvalue weighted by Crippen LogP contribution is 2.37. The second kappa shape index (κ2) is 5.01. The van der Waals surface area contributed by atoms with Gasteiger partial charge in [0.2, 0.25) is 11.7 Å². The van der Waals surface area contributed by atoms with Gasteiger partial charge in [0.05, 0.1) is 6.54 Å². The average molecular weight is 287 g/mol. The fourth-order valence-corrected chi connectivity index (χ4v) is 2.71. The van der Waals surface area contributed by atoms with E-state index in [1.807, 2.05) is 38.1 Å². The van der Waals surface area contributed by atoms with E-state index in [0.717, 1.165) is 16.1 Å². The van der Waals surface area contributed by atoms with Gasteiger partial charge >= 0.3 is 0 Å². The van der Waals surface area contributed by atoms with Crippen molar-refractivity contribution < 1.29 is 5.11 Å². The van der Waals surface area contributed by atoms with Gasteiger partial charge in [0.1, 0.15) is 9.88 Å². The Labute approximate surface area is 119 Å². The highest BCUT2D eigenvalue weighted by Gasteiger charge is 2.17. The summed E-state index contributed by atoms with van der Waals surface area (Å²) < 4.78 is 0. The zero-order valence-electron chi connectivity index (χ0n) is 11.1. The molecule has 0 atom stereocenters. The van der Waals surface area contributed by atoms with E-state index in [1.54, 1.807) is 0 Å². The summed E-state index contributed by atoms with van der Waals surface area (Å²) in [5.74, 6) is 0.350. The Bertz CT molecular complexity index is 749. The largest absolute Gasteiger partial charge is 0.492 e. The van der Waals surface area contributed by atoms with Gasteiger partial charge in [-0.25, -0.2) is 4.98 Å². The highest BCUT2D eigenvalue weighted by molar-refractivity contribution is 7.18. The number of hydrogen-bond acceptors (Lipinski definition) is 6. The second-order valence-corrected chi connectivity index (χ2v) is 5.34. The number of hydrogen-bond donors (Lipinski definition) is 1. The smallest absolute Gasteiger partial charge is 0.234 e. The Balaban J connectivity index is 2.02. The van der Waals surface area contributed by atoms with Gasteiger partial charge in [0, 0.05) is 5.56 Å². The number of aryl methyl sites for hydroxylation is 2. The molecule has 0 saturated heterocycles. The van der Waals surface area contributed by atoms with Gasteiger partial charge in [-0.1, -0.05) is 23.8 Å². The highest BCUT2D eigenvalue weighted by atomic mass is 32.1. The lowest BCUT2D eigenvalue weighted by Crippen LogP contribution is -1.98. The molecule has 0 amide bonds. The molecular weight excluding hydrogens is 274 g/mol. The fourth-order valence-electron chi connectivity index (χ4n) is 1.83. The van der Waals surface area contributed by atoms with Gasteiger partial charge in [0.15, 0.2) is 0 Å². The van der Waals surface area contributed by atoms with Gasteiger partial charge < -0.3 is 5.11 Å². The number of aromatic hydroxyl groups is 1. The zero-order chi connectivity index (χ0) is 14.1. The Kier molecular flexibility index (Phi) is 3.19. The molecule has 7 heteroatoms. The number of nitrogens with zero attached hydrogens (tertiary/aromatic N) is 5. The Hall–Kier alpha value is -2.28. The first-order chi connectivity index (χ1) is 9.67. The molecule has 0 aliphatic carbocycles. The van der Waals surface area contributed by atoms with Crippen molar-refractivity contribution in [1.29, 1.82) is 0 Å². The molecule has 0 aliphatic rings. The first-order valence-electron chi connectivity index (χ1n) is 6.22. The van der Waals surface area contributed by atoms with Crippen LogP contribution >= 0.6 is 11.3 Å². The predicted molar refractivity (Wildman–Crippen MR) is 76.4 cm³/mol. The third kappa shape index (κ3) is 2.27. The summed E-state index contributed by atoms with van der Waals surface area (Å²) in [5, 5.41) is 22.7. The van der Waals surface area contributed by atoms with E-state index in [2.05, 4.69) is 20.4 Å². The maximum Gasteiger partial charge on any atom is 0.234 e.